The van der Waals surface area contributed by atoms with Crippen molar-refractivity contribution in [3.05, 3.63) is 35.5 Å². The van der Waals surface area contributed by atoms with Gasteiger partial charge in [-0.15, -0.1) is 0 Å². The lowest BCUT2D eigenvalue weighted by Gasteiger charge is -2.10. The molecule has 160 valence electrons. The fourth-order valence-electron chi connectivity index (χ4n) is 3.59. The van der Waals surface area contributed by atoms with Crippen LogP contribution in [0.3, 0.4) is 0 Å². The summed E-state index contributed by atoms with van der Waals surface area (Å²) in [6, 6.07) is 2.77. The summed E-state index contributed by atoms with van der Waals surface area (Å²) in [6.07, 6.45) is 3.96. The van der Waals surface area contributed by atoms with Crippen molar-refractivity contribution < 1.29 is 28.6 Å². The number of unbranched alkanes of at least 4 members (excludes halogenated alkanes) is 2. The van der Waals surface area contributed by atoms with Crippen LogP contribution in [0.5, 0.6) is 0 Å². The number of carboxylic acids is 1. The SMILES string of the molecule is CCCCCNC(=O)c1cc(C(=O)O)nc2c3ncoc3c3cc(C(=O)OC)[nH]c3c12. The van der Waals surface area contributed by atoms with Gasteiger partial charge in [-0.05, 0) is 18.6 Å². The highest BCUT2D eigenvalue weighted by molar-refractivity contribution is 6.26. The molecule has 0 unspecified atom stereocenters. The Labute approximate surface area is 175 Å². The van der Waals surface area contributed by atoms with Gasteiger partial charge in [-0.25, -0.2) is 19.6 Å². The second kappa shape index (κ2) is 8.05. The molecule has 0 aliphatic heterocycles. The Morgan fingerprint density at radius 1 is 1.23 bits per heavy atom. The largest absolute Gasteiger partial charge is 0.477 e. The number of H-pyrrole nitrogens is 1. The third-order valence-electron chi connectivity index (χ3n) is 5.06. The zero-order chi connectivity index (χ0) is 22.1. The summed E-state index contributed by atoms with van der Waals surface area (Å²) in [7, 11) is 1.26. The van der Waals surface area contributed by atoms with Gasteiger partial charge >= 0.3 is 11.9 Å². The fourth-order valence-corrected chi connectivity index (χ4v) is 3.59. The molecule has 1 aromatic carbocycles. The van der Waals surface area contributed by atoms with E-state index in [-0.39, 0.29) is 22.5 Å². The van der Waals surface area contributed by atoms with Gasteiger partial charge in [0, 0.05) is 17.3 Å². The topological polar surface area (TPSA) is 147 Å². The maximum absolute atomic E-state index is 13.0. The van der Waals surface area contributed by atoms with Crippen molar-refractivity contribution in [2.75, 3.05) is 13.7 Å². The van der Waals surface area contributed by atoms with Gasteiger partial charge in [0.2, 0.25) is 0 Å². The number of amides is 1. The number of hydrogen-bond donors (Lipinski definition) is 3. The number of oxazole rings is 1. The maximum atomic E-state index is 13.0. The van der Waals surface area contributed by atoms with Crippen molar-refractivity contribution in [3.63, 3.8) is 0 Å². The number of carbonyl (C=O) groups is 3. The molecule has 0 aliphatic rings. The van der Waals surface area contributed by atoms with Crippen molar-refractivity contribution in [3.8, 4) is 0 Å². The predicted molar refractivity (Wildman–Crippen MR) is 111 cm³/mol. The van der Waals surface area contributed by atoms with Gasteiger partial charge in [-0.1, -0.05) is 19.8 Å². The molecule has 10 heteroatoms. The minimum atomic E-state index is -1.28. The number of fused-ring (bicyclic) bond motifs is 6. The average Bonchev–Trinajstić information content (AvgIpc) is 3.42. The molecule has 0 spiro atoms. The molecule has 10 nitrogen and oxygen atoms in total. The van der Waals surface area contributed by atoms with E-state index in [0.29, 0.717) is 33.9 Å². The van der Waals surface area contributed by atoms with Gasteiger partial charge < -0.3 is 24.6 Å². The van der Waals surface area contributed by atoms with Gasteiger partial charge in [0.1, 0.15) is 22.4 Å². The van der Waals surface area contributed by atoms with Crippen LogP contribution in [0.2, 0.25) is 0 Å². The Hall–Kier alpha value is -3.95. The highest BCUT2D eigenvalue weighted by Crippen LogP contribution is 2.36. The Morgan fingerprint density at radius 3 is 2.74 bits per heavy atom. The Kier molecular flexibility index (Phi) is 5.28. The van der Waals surface area contributed by atoms with Crippen LogP contribution in [-0.2, 0) is 4.74 Å². The van der Waals surface area contributed by atoms with Crippen LogP contribution < -0.4 is 5.32 Å². The number of esters is 1. The number of nitrogens with one attached hydrogen (secondary N) is 2. The molecule has 3 aromatic heterocycles. The molecule has 0 atom stereocenters. The van der Waals surface area contributed by atoms with E-state index in [1.807, 2.05) is 0 Å². The van der Waals surface area contributed by atoms with Gasteiger partial charge in [0.15, 0.2) is 12.0 Å². The van der Waals surface area contributed by atoms with Crippen LogP contribution in [0.25, 0.3) is 32.9 Å². The first-order valence-electron chi connectivity index (χ1n) is 9.78. The molecule has 0 fully saturated rings. The molecule has 0 bridgehead atoms. The number of ether oxygens (including phenoxy) is 1. The average molecular weight is 424 g/mol. The smallest absolute Gasteiger partial charge is 0.354 e. The van der Waals surface area contributed by atoms with Crippen LogP contribution in [0.1, 0.15) is 57.5 Å². The normalized spacial score (nSPS) is 11.3. The zero-order valence-electron chi connectivity index (χ0n) is 16.9. The standard InChI is InChI=1S/C21H20N4O6/c1-3-4-5-6-22-19(26)10-7-12(20(27)28)24-16-14(10)15-11(18-17(16)23-9-31-18)8-13(25-15)21(29)30-2/h7-9,25H,3-6H2,1-2H3,(H,22,26)(H,27,28). The van der Waals surface area contributed by atoms with Crippen LogP contribution in [0.4, 0.5) is 0 Å². The van der Waals surface area contributed by atoms with Gasteiger partial charge in [-0.2, -0.15) is 0 Å². The zero-order valence-corrected chi connectivity index (χ0v) is 16.9. The number of aromatic nitrogens is 3. The highest BCUT2D eigenvalue weighted by atomic mass is 16.5. The van der Waals surface area contributed by atoms with Crippen LogP contribution in [0, 0.1) is 0 Å². The van der Waals surface area contributed by atoms with Crippen molar-refractivity contribution in [2.45, 2.75) is 26.2 Å². The summed E-state index contributed by atoms with van der Waals surface area (Å²) in [6.45, 7) is 2.51. The van der Waals surface area contributed by atoms with E-state index in [9.17, 15) is 19.5 Å². The molecule has 0 radical (unpaired) electrons. The number of nitrogens with zero attached hydrogens (tertiary/aromatic N) is 2. The van der Waals surface area contributed by atoms with Gasteiger partial charge in [-0.3, -0.25) is 4.79 Å². The summed E-state index contributed by atoms with van der Waals surface area (Å²) in [4.78, 5) is 48.1. The van der Waals surface area contributed by atoms with Gasteiger partial charge in [0.05, 0.1) is 18.2 Å². The number of methoxy groups -OCH3 is 1. The first kappa shape index (κ1) is 20.3. The molecular formula is C21H20N4O6. The number of aromatic carboxylic acids is 1. The van der Waals surface area contributed by atoms with Crippen LogP contribution in [0.15, 0.2) is 22.9 Å². The number of hydrogen-bond acceptors (Lipinski definition) is 7. The van der Waals surface area contributed by atoms with Crippen molar-refractivity contribution in [1.29, 1.82) is 0 Å². The molecule has 0 saturated carbocycles. The summed E-state index contributed by atoms with van der Waals surface area (Å²) in [5.41, 5.74) is 1.18. The summed E-state index contributed by atoms with van der Waals surface area (Å²) in [5.74, 6) is -2.32. The Balaban J connectivity index is 2.02. The van der Waals surface area contributed by atoms with E-state index < -0.39 is 17.8 Å². The van der Waals surface area contributed by atoms with Crippen molar-refractivity contribution >= 4 is 50.8 Å². The third-order valence-corrected chi connectivity index (χ3v) is 5.06. The molecule has 0 aliphatic carbocycles. The number of rotatable bonds is 7. The first-order valence-corrected chi connectivity index (χ1v) is 9.78. The van der Waals surface area contributed by atoms with E-state index in [4.69, 9.17) is 9.15 Å². The van der Waals surface area contributed by atoms with E-state index in [0.717, 1.165) is 19.3 Å². The summed E-state index contributed by atoms with van der Waals surface area (Å²) in [5, 5.41) is 13.2. The Morgan fingerprint density at radius 2 is 2.03 bits per heavy atom. The number of carboxylic acid groups (broad SMARTS) is 1. The van der Waals surface area contributed by atoms with E-state index in [2.05, 4.69) is 27.2 Å². The lowest BCUT2D eigenvalue weighted by molar-refractivity contribution is 0.0594. The quantitative estimate of drug-likeness (QED) is 0.302. The number of aromatic amines is 1. The lowest BCUT2D eigenvalue weighted by atomic mass is 10.0. The highest BCUT2D eigenvalue weighted by Gasteiger charge is 2.24. The molecule has 4 rings (SSSR count). The second-order valence-corrected chi connectivity index (χ2v) is 7.04. The van der Waals surface area contributed by atoms with E-state index in [1.165, 1.54) is 19.6 Å². The number of carbonyl (C=O) groups excluding carboxylic acids is 2. The molecule has 1 amide bonds. The second-order valence-electron chi connectivity index (χ2n) is 7.04. The molecule has 4 aromatic rings. The van der Waals surface area contributed by atoms with Crippen molar-refractivity contribution in [2.24, 2.45) is 0 Å². The van der Waals surface area contributed by atoms with E-state index in [1.54, 1.807) is 6.07 Å². The van der Waals surface area contributed by atoms with Crippen LogP contribution in [-0.4, -0.2) is 51.6 Å². The summed E-state index contributed by atoms with van der Waals surface area (Å²) < 4.78 is 10.3. The first-order chi connectivity index (χ1) is 15.0. The minimum Gasteiger partial charge on any atom is -0.477 e. The van der Waals surface area contributed by atoms with Gasteiger partial charge in [0.25, 0.3) is 5.91 Å². The van der Waals surface area contributed by atoms with Crippen molar-refractivity contribution in [1.82, 2.24) is 20.3 Å². The molecular weight excluding hydrogens is 404 g/mol. The number of pyridine rings is 1. The monoisotopic (exact) mass is 424 g/mol. The third kappa shape index (κ3) is 3.45. The maximum Gasteiger partial charge on any atom is 0.354 e. The number of benzene rings is 1. The molecule has 3 heterocycles. The van der Waals surface area contributed by atoms with Crippen LogP contribution >= 0.6 is 0 Å². The molecule has 0 saturated heterocycles. The predicted octanol–water partition coefficient (Wildman–Crippen LogP) is 3.26. The summed E-state index contributed by atoms with van der Waals surface area (Å²) >= 11 is 0. The molecule has 31 heavy (non-hydrogen) atoms. The minimum absolute atomic E-state index is 0.118. The van der Waals surface area contributed by atoms with E-state index >= 15 is 0 Å². The molecule has 3 N–H and O–H groups in total. The Bertz CT molecular complexity index is 1340. The fraction of sp³-hybridized carbons (Fsp3) is 0.286. The lowest BCUT2D eigenvalue weighted by Crippen LogP contribution is -2.25.